The Hall–Kier alpha value is -4.32. The first kappa shape index (κ1) is 20.1. The molecule has 0 aliphatic rings. The molecule has 7 rings (SSSR count). The second-order valence-electron chi connectivity index (χ2n) is 9.48. The van der Waals surface area contributed by atoms with Gasteiger partial charge >= 0.3 is 0 Å². The van der Waals surface area contributed by atoms with Crippen LogP contribution < -0.4 is 0 Å². The molecule has 0 aliphatic heterocycles. The third-order valence-corrected chi connectivity index (χ3v) is 6.97. The number of nitrogens with one attached hydrogen (secondary N) is 2. The number of fused-ring (bicyclic) bond motifs is 9. The lowest BCUT2D eigenvalue weighted by Crippen LogP contribution is -1.88. The number of aryl methyl sites for hydroxylation is 1. The highest BCUT2D eigenvalue weighted by Gasteiger charge is 2.15. The van der Waals surface area contributed by atoms with Crippen molar-refractivity contribution in [2.45, 2.75) is 33.1 Å². The van der Waals surface area contributed by atoms with Crippen molar-refractivity contribution < 1.29 is 0 Å². The fourth-order valence-electron chi connectivity index (χ4n) is 5.11. The number of aromatic nitrogens is 6. The van der Waals surface area contributed by atoms with Crippen LogP contribution in [-0.4, -0.2) is 29.9 Å². The van der Waals surface area contributed by atoms with Gasteiger partial charge in [-0.05, 0) is 40.1 Å². The van der Waals surface area contributed by atoms with Crippen molar-refractivity contribution in [3.8, 4) is 11.1 Å². The summed E-state index contributed by atoms with van der Waals surface area (Å²) < 4.78 is 0. The Morgan fingerprint density at radius 2 is 1.60 bits per heavy atom. The average Bonchev–Trinajstić information content (AvgIpc) is 3.53. The highest BCUT2D eigenvalue weighted by atomic mass is 14.9. The zero-order valence-electron chi connectivity index (χ0n) is 19.8. The van der Waals surface area contributed by atoms with E-state index in [1.165, 1.54) is 16.3 Å². The highest BCUT2D eigenvalue weighted by molar-refractivity contribution is 6.22. The van der Waals surface area contributed by atoms with Gasteiger partial charge in [0.1, 0.15) is 18.0 Å². The smallest absolute Gasteiger partial charge is 0.116 e. The van der Waals surface area contributed by atoms with E-state index in [9.17, 15) is 0 Å². The second-order valence-corrected chi connectivity index (χ2v) is 9.48. The largest absolute Gasteiger partial charge is 0.342 e. The summed E-state index contributed by atoms with van der Waals surface area (Å²) in [6, 6.07) is 17.5. The Bertz CT molecular complexity index is 1930. The Labute approximate surface area is 201 Å². The maximum atomic E-state index is 4.88. The van der Waals surface area contributed by atoms with Crippen LogP contribution in [0.5, 0.6) is 0 Å². The predicted molar refractivity (Wildman–Crippen MR) is 143 cm³/mol. The Kier molecular flexibility index (Phi) is 4.21. The number of aromatic amines is 2. The highest BCUT2D eigenvalue weighted by Crippen LogP contribution is 2.36. The monoisotopic (exact) mass is 456 g/mol. The first-order chi connectivity index (χ1) is 17.1. The molecule has 3 heterocycles. The first-order valence-electron chi connectivity index (χ1n) is 12.1. The predicted octanol–water partition coefficient (Wildman–Crippen LogP) is 7.04. The van der Waals surface area contributed by atoms with Crippen molar-refractivity contribution in [2.75, 3.05) is 0 Å². The van der Waals surface area contributed by atoms with Gasteiger partial charge in [0.25, 0.3) is 0 Å². The van der Waals surface area contributed by atoms with E-state index in [2.05, 4.69) is 89.2 Å². The summed E-state index contributed by atoms with van der Waals surface area (Å²) in [5.74, 6) is 2.36. The van der Waals surface area contributed by atoms with E-state index < -0.39 is 0 Å². The number of hydrogen-bond acceptors (Lipinski definition) is 4. The summed E-state index contributed by atoms with van der Waals surface area (Å²) in [6.07, 6.45) is 4.36. The quantitative estimate of drug-likeness (QED) is 0.279. The zero-order valence-corrected chi connectivity index (χ0v) is 19.8. The molecule has 0 aliphatic carbocycles. The van der Waals surface area contributed by atoms with Gasteiger partial charge in [-0.15, -0.1) is 0 Å². The van der Waals surface area contributed by atoms with Crippen LogP contribution in [0.4, 0.5) is 0 Å². The van der Waals surface area contributed by atoms with E-state index in [0.717, 1.165) is 67.4 Å². The zero-order chi connectivity index (χ0) is 23.7. The SMILES string of the molecule is CCc1nc2c3ccc(-c4ccc5c(ccc6[nH]c(C(C)C)nc65)c4)cc3c3cncnc3c2[nH]1. The van der Waals surface area contributed by atoms with E-state index in [1.54, 1.807) is 6.33 Å². The summed E-state index contributed by atoms with van der Waals surface area (Å²) in [5.41, 5.74) is 7.30. The molecule has 0 atom stereocenters. The van der Waals surface area contributed by atoms with Crippen molar-refractivity contribution in [3.63, 3.8) is 0 Å². The molecule has 7 aromatic rings. The van der Waals surface area contributed by atoms with Gasteiger partial charge in [-0.1, -0.05) is 51.1 Å². The maximum Gasteiger partial charge on any atom is 0.116 e. The van der Waals surface area contributed by atoms with Crippen molar-refractivity contribution >= 4 is 54.5 Å². The van der Waals surface area contributed by atoms with Gasteiger partial charge in [0, 0.05) is 34.7 Å². The van der Waals surface area contributed by atoms with Gasteiger partial charge in [-0.2, -0.15) is 0 Å². The summed E-state index contributed by atoms with van der Waals surface area (Å²) in [4.78, 5) is 25.6. The third kappa shape index (κ3) is 2.96. The summed E-state index contributed by atoms with van der Waals surface area (Å²) in [6.45, 7) is 6.42. The van der Waals surface area contributed by atoms with Gasteiger partial charge in [-0.3, -0.25) is 0 Å². The molecule has 6 heteroatoms. The van der Waals surface area contributed by atoms with Crippen molar-refractivity contribution in [1.82, 2.24) is 29.9 Å². The minimum absolute atomic E-state index is 0.363. The normalized spacial score (nSPS) is 12.2. The summed E-state index contributed by atoms with van der Waals surface area (Å²) in [5, 5.41) is 5.61. The topological polar surface area (TPSA) is 83.1 Å². The van der Waals surface area contributed by atoms with Crippen molar-refractivity contribution in [3.05, 3.63) is 72.7 Å². The van der Waals surface area contributed by atoms with Gasteiger partial charge in [0.05, 0.1) is 27.6 Å². The Balaban J connectivity index is 1.45. The minimum atomic E-state index is 0.363. The molecule has 0 unspecified atom stereocenters. The van der Waals surface area contributed by atoms with Gasteiger partial charge in [-0.25, -0.2) is 19.9 Å². The second kappa shape index (κ2) is 7.34. The van der Waals surface area contributed by atoms with E-state index >= 15 is 0 Å². The van der Waals surface area contributed by atoms with Crippen LogP contribution in [-0.2, 0) is 6.42 Å². The Morgan fingerprint density at radius 3 is 2.43 bits per heavy atom. The molecular weight excluding hydrogens is 432 g/mol. The maximum absolute atomic E-state index is 4.88. The van der Waals surface area contributed by atoms with Crippen LogP contribution >= 0.6 is 0 Å². The number of hydrogen-bond donors (Lipinski definition) is 2. The molecular formula is C29H24N6. The molecule has 35 heavy (non-hydrogen) atoms. The van der Waals surface area contributed by atoms with E-state index in [1.807, 2.05) is 6.20 Å². The lowest BCUT2D eigenvalue weighted by Gasteiger charge is -2.09. The van der Waals surface area contributed by atoms with Crippen LogP contribution in [0.2, 0.25) is 0 Å². The summed E-state index contributed by atoms with van der Waals surface area (Å²) in [7, 11) is 0. The van der Waals surface area contributed by atoms with E-state index in [4.69, 9.17) is 9.97 Å². The van der Waals surface area contributed by atoms with Crippen LogP contribution in [0, 0.1) is 0 Å². The van der Waals surface area contributed by atoms with Gasteiger partial charge in [0.2, 0.25) is 0 Å². The summed E-state index contributed by atoms with van der Waals surface area (Å²) >= 11 is 0. The molecule has 3 aromatic heterocycles. The lowest BCUT2D eigenvalue weighted by molar-refractivity contribution is 0.799. The molecule has 2 N–H and O–H groups in total. The molecule has 0 amide bonds. The Morgan fingerprint density at radius 1 is 0.771 bits per heavy atom. The van der Waals surface area contributed by atoms with Crippen LogP contribution in [0.25, 0.3) is 65.6 Å². The minimum Gasteiger partial charge on any atom is -0.342 e. The number of nitrogens with zero attached hydrogens (tertiary/aromatic N) is 4. The van der Waals surface area contributed by atoms with Crippen molar-refractivity contribution in [2.24, 2.45) is 0 Å². The molecule has 0 spiro atoms. The van der Waals surface area contributed by atoms with Crippen LogP contribution in [0.1, 0.15) is 38.3 Å². The molecule has 0 saturated carbocycles. The molecule has 0 bridgehead atoms. The molecule has 6 nitrogen and oxygen atoms in total. The van der Waals surface area contributed by atoms with Crippen LogP contribution in [0.15, 0.2) is 61.1 Å². The molecule has 0 fully saturated rings. The molecule has 4 aromatic carbocycles. The first-order valence-corrected chi connectivity index (χ1v) is 12.1. The molecule has 0 saturated heterocycles. The molecule has 0 radical (unpaired) electrons. The fourth-order valence-corrected chi connectivity index (χ4v) is 5.11. The number of H-pyrrole nitrogens is 2. The van der Waals surface area contributed by atoms with E-state index in [-0.39, 0.29) is 0 Å². The lowest BCUT2D eigenvalue weighted by atomic mass is 9.96. The molecule has 170 valence electrons. The number of rotatable bonds is 3. The number of imidazole rings is 2. The average molecular weight is 457 g/mol. The standard InChI is InChI=1S/C29H24N6/c1-4-24-33-27-20-9-6-17(12-21(20)22-13-30-14-31-26(22)28(27)34-24)16-5-8-19-18(11-16)7-10-23-25(19)35-29(32-23)15(2)3/h5-15H,4H2,1-3H3,(H,32,35)(H,33,34). The third-order valence-electron chi connectivity index (χ3n) is 6.97. The fraction of sp³-hybridized carbons (Fsp3) is 0.172. The number of benzene rings is 4. The van der Waals surface area contributed by atoms with E-state index in [0.29, 0.717) is 5.92 Å². The van der Waals surface area contributed by atoms with Crippen LogP contribution in [0.3, 0.4) is 0 Å². The van der Waals surface area contributed by atoms with Gasteiger partial charge in [0.15, 0.2) is 0 Å². The van der Waals surface area contributed by atoms with Gasteiger partial charge < -0.3 is 9.97 Å². The van der Waals surface area contributed by atoms with Crippen molar-refractivity contribution in [1.29, 1.82) is 0 Å².